The van der Waals surface area contributed by atoms with E-state index in [0.717, 1.165) is 19.6 Å². The Kier molecular flexibility index (Phi) is 6.06. The second-order valence-electron chi connectivity index (χ2n) is 6.99. The summed E-state index contributed by atoms with van der Waals surface area (Å²) in [4.78, 5) is 2.36. The Balaban J connectivity index is 1.48. The van der Waals surface area contributed by atoms with Gasteiger partial charge in [-0.05, 0) is 56.3 Å². The van der Waals surface area contributed by atoms with E-state index < -0.39 is 0 Å². The Morgan fingerprint density at radius 2 is 2.04 bits per heavy atom. The van der Waals surface area contributed by atoms with Crippen LogP contribution in [0.2, 0.25) is 0 Å². The number of β-amino-alcohol motifs (C(OH)–C–C–N with tert-alkyl or cyclic N) is 1. The lowest BCUT2D eigenvalue weighted by Gasteiger charge is -2.36. The van der Waals surface area contributed by atoms with Crippen LogP contribution in [0.15, 0.2) is 24.3 Å². The maximum Gasteiger partial charge on any atom is 0.0900 e. The second kappa shape index (κ2) is 8.25. The molecule has 128 valence electrons. The van der Waals surface area contributed by atoms with Crippen molar-refractivity contribution in [1.82, 2.24) is 10.2 Å². The molecule has 23 heavy (non-hydrogen) atoms. The zero-order valence-electron chi connectivity index (χ0n) is 14.2. The predicted molar refractivity (Wildman–Crippen MR) is 92.6 cm³/mol. The van der Waals surface area contributed by atoms with E-state index in [0.29, 0.717) is 18.7 Å². The van der Waals surface area contributed by atoms with E-state index in [1.54, 1.807) is 7.11 Å². The molecule has 3 rings (SSSR count). The molecule has 0 bridgehead atoms. The number of nitrogens with zero attached hydrogens (tertiary/aromatic N) is 1. The first-order valence-electron chi connectivity index (χ1n) is 8.99. The number of piperidine rings is 1. The van der Waals surface area contributed by atoms with Crippen molar-refractivity contribution in [2.24, 2.45) is 0 Å². The fourth-order valence-electron chi connectivity index (χ4n) is 4.04. The molecule has 4 nitrogen and oxygen atoms in total. The fourth-order valence-corrected chi connectivity index (χ4v) is 4.04. The van der Waals surface area contributed by atoms with E-state index >= 15 is 0 Å². The minimum Gasteiger partial charge on any atom is -0.389 e. The number of nitrogens with one attached hydrogen (secondary N) is 1. The smallest absolute Gasteiger partial charge is 0.0900 e. The van der Waals surface area contributed by atoms with Crippen LogP contribution in [0.5, 0.6) is 0 Å². The highest BCUT2D eigenvalue weighted by Crippen LogP contribution is 2.30. The molecule has 1 aliphatic carbocycles. The van der Waals surface area contributed by atoms with Crippen LogP contribution in [0.25, 0.3) is 0 Å². The van der Waals surface area contributed by atoms with Crippen molar-refractivity contribution < 1.29 is 9.84 Å². The number of rotatable bonds is 6. The summed E-state index contributed by atoms with van der Waals surface area (Å²) >= 11 is 0. The number of aliphatic hydroxyl groups is 1. The van der Waals surface area contributed by atoms with Crippen molar-refractivity contribution in [3.8, 4) is 0 Å². The van der Waals surface area contributed by atoms with Gasteiger partial charge in [0.15, 0.2) is 0 Å². The van der Waals surface area contributed by atoms with Crippen LogP contribution in [0.4, 0.5) is 0 Å². The van der Waals surface area contributed by atoms with Crippen LogP contribution >= 0.6 is 0 Å². The van der Waals surface area contributed by atoms with Crippen molar-refractivity contribution >= 4 is 0 Å². The van der Waals surface area contributed by atoms with Crippen LogP contribution in [-0.2, 0) is 11.2 Å². The molecule has 2 unspecified atom stereocenters. The molecule has 0 spiro atoms. The Morgan fingerprint density at radius 3 is 2.83 bits per heavy atom. The number of hydrogen-bond acceptors (Lipinski definition) is 4. The van der Waals surface area contributed by atoms with Crippen LogP contribution < -0.4 is 5.32 Å². The number of benzene rings is 1. The molecular weight excluding hydrogens is 288 g/mol. The van der Waals surface area contributed by atoms with Crippen molar-refractivity contribution in [3.63, 3.8) is 0 Å². The van der Waals surface area contributed by atoms with Gasteiger partial charge in [0.1, 0.15) is 0 Å². The highest BCUT2D eigenvalue weighted by molar-refractivity contribution is 5.32. The van der Waals surface area contributed by atoms with Gasteiger partial charge in [-0.2, -0.15) is 0 Å². The van der Waals surface area contributed by atoms with Crippen LogP contribution in [0.1, 0.15) is 42.9 Å². The van der Waals surface area contributed by atoms with Gasteiger partial charge in [0.25, 0.3) is 0 Å². The van der Waals surface area contributed by atoms with Crippen LogP contribution in [0.3, 0.4) is 0 Å². The first-order chi connectivity index (χ1) is 11.3. The molecule has 0 radical (unpaired) electrons. The molecule has 1 fully saturated rings. The zero-order chi connectivity index (χ0) is 16.1. The summed E-state index contributed by atoms with van der Waals surface area (Å²) in [7, 11) is 1.64. The third-order valence-electron chi connectivity index (χ3n) is 5.22. The lowest BCUT2D eigenvalue weighted by Crippen LogP contribution is -2.46. The van der Waals surface area contributed by atoms with Gasteiger partial charge in [-0.3, -0.25) is 0 Å². The number of hydrogen-bond donors (Lipinski definition) is 2. The number of ether oxygens (including phenoxy) is 1. The zero-order valence-corrected chi connectivity index (χ0v) is 14.2. The number of likely N-dealkylation sites (tertiary alicyclic amines) is 1. The average Bonchev–Trinajstić information content (AvgIpc) is 2.57. The molecule has 1 aromatic rings. The number of aliphatic hydroxyl groups excluding tert-OH is 1. The molecule has 1 aromatic carbocycles. The minimum absolute atomic E-state index is 0.366. The van der Waals surface area contributed by atoms with Crippen LogP contribution in [-0.4, -0.2) is 55.5 Å². The molecule has 0 saturated carbocycles. The van der Waals surface area contributed by atoms with Crippen molar-refractivity contribution in [1.29, 1.82) is 0 Å². The predicted octanol–water partition coefficient (Wildman–Crippen LogP) is 2.13. The highest BCUT2D eigenvalue weighted by atomic mass is 16.5. The maximum atomic E-state index is 9.86. The molecule has 2 atom stereocenters. The Labute approximate surface area is 139 Å². The molecule has 0 amide bonds. The average molecular weight is 318 g/mol. The highest BCUT2D eigenvalue weighted by Gasteiger charge is 2.25. The van der Waals surface area contributed by atoms with Gasteiger partial charge in [-0.1, -0.05) is 24.3 Å². The van der Waals surface area contributed by atoms with Gasteiger partial charge in [0.05, 0.1) is 12.7 Å². The van der Waals surface area contributed by atoms with Crippen molar-refractivity contribution in [2.45, 2.75) is 50.3 Å². The topological polar surface area (TPSA) is 44.7 Å². The summed E-state index contributed by atoms with van der Waals surface area (Å²) in [6.07, 6.45) is 5.73. The second-order valence-corrected chi connectivity index (χ2v) is 6.99. The summed E-state index contributed by atoms with van der Waals surface area (Å²) < 4.78 is 5.01. The third kappa shape index (κ3) is 4.54. The molecule has 2 N–H and O–H groups in total. The van der Waals surface area contributed by atoms with Gasteiger partial charge < -0.3 is 20.1 Å². The Hall–Kier alpha value is -0.940. The minimum atomic E-state index is -0.366. The largest absolute Gasteiger partial charge is 0.389 e. The number of fused-ring (bicyclic) bond motifs is 1. The Morgan fingerprint density at radius 1 is 1.26 bits per heavy atom. The molecule has 1 heterocycles. The molecular formula is C19H30N2O2. The van der Waals surface area contributed by atoms with Gasteiger partial charge in [-0.25, -0.2) is 0 Å². The lowest BCUT2D eigenvalue weighted by molar-refractivity contribution is 0.0306. The van der Waals surface area contributed by atoms with Crippen molar-refractivity contribution in [3.05, 3.63) is 35.4 Å². The summed E-state index contributed by atoms with van der Waals surface area (Å²) in [6, 6.07) is 10.0. The first kappa shape index (κ1) is 16.9. The van der Waals surface area contributed by atoms with Crippen molar-refractivity contribution in [2.75, 3.05) is 33.4 Å². The standard InChI is InChI=1S/C19H30N2O2/c1-23-14-17(22)13-21-11-9-16(10-12-21)20-19-8-4-6-15-5-2-3-7-18(15)19/h2-3,5,7,16-17,19-20,22H,4,6,8-14H2,1H3. The molecule has 4 heteroatoms. The molecule has 0 aromatic heterocycles. The van der Waals surface area contributed by atoms with E-state index in [-0.39, 0.29) is 6.10 Å². The lowest BCUT2D eigenvalue weighted by atomic mass is 9.87. The SMILES string of the molecule is COCC(O)CN1CCC(NC2CCCc3ccccc32)CC1. The molecule has 2 aliphatic rings. The summed E-state index contributed by atoms with van der Waals surface area (Å²) in [5, 5.41) is 13.8. The van der Waals surface area contributed by atoms with E-state index in [1.807, 2.05) is 0 Å². The van der Waals surface area contributed by atoms with Gasteiger partial charge in [-0.15, -0.1) is 0 Å². The van der Waals surface area contributed by atoms with E-state index in [1.165, 1.54) is 43.2 Å². The quantitative estimate of drug-likeness (QED) is 0.843. The van der Waals surface area contributed by atoms with Gasteiger partial charge in [0, 0.05) is 25.7 Å². The monoisotopic (exact) mass is 318 g/mol. The summed E-state index contributed by atoms with van der Waals surface area (Å²) in [5.74, 6) is 0. The fraction of sp³-hybridized carbons (Fsp3) is 0.684. The molecule has 1 aliphatic heterocycles. The normalized spacial score (nSPS) is 24.3. The third-order valence-corrected chi connectivity index (χ3v) is 5.22. The van der Waals surface area contributed by atoms with E-state index in [9.17, 15) is 5.11 Å². The van der Waals surface area contributed by atoms with Gasteiger partial charge >= 0.3 is 0 Å². The van der Waals surface area contributed by atoms with E-state index in [4.69, 9.17) is 4.74 Å². The summed E-state index contributed by atoms with van der Waals surface area (Å²) in [5.41, 5.74) is 3.04. The molecule has 1 saturated heterocycles. The number of aryl methyl sites for hydroxylation is 1. The number of methoxy groups -OCH3 is 1. The summed E-state index contributed by atoms with van der Waals surface area (Å²) in [6.45, 7) is 3.28. The van der Waals surface area contributed by atoms with Crippen LogP contribution in [0, 0.1) is 0 Å². The first-order valence-corrected chi connectivity index (χ1v) is 8.99. The van der Waals surface area contributed by atoms with E-state index in [2.05, 4.69) is 34.5 Å². The Bertz CT molecular complexity index is 486. The maximum absolute atomic E-state index is 9.86. The van der Waals surface area contributed by atoms with Gasteiger partial charge in [0.2, 0.25) is 0 Å².